The molecular weight excluding hydrogens is 412 g/mol. The van der Waals surface area contributed by atoms with E-state index in [1.807, 2.05) is 24.3 Å². The van der Waals surface area contributed by atoms with Crippen molar-refractivity contribution < 1.29 is 14.3 Å². The predicted molar refractivity (Wildman–Crippen MR) is 118 cm³/mol. The van der Waals surface area contributed by atoms with Crippen molar-refractivity contribution in [2.45, 2.75) is 50.6 Å². The van der Waals surface area contributed by atoms with Crippen LogP contribution < -0.4 is 16.0 Å². The van der Waals surface area contributed by atoms with Crippen LogP contribution in [0, 0.1) is 0 Å². The number of nitrogens with zero attached hydrogens (tertiary/aromatic N) is 2. The number of aromatic amines is 2. The Balaban J connectivity index is 1.62. The van der Waals surface area contributed by atoms with Gasteiger partial charge in [-0.05, 0) is 43.7 Å². The standard InChI is InChI=1S/C23H28N4O5/c1-26-17-10-6-12-27(22(30)16-13-20(28)25-23(31)24-16)18(17)9-4-2-7-15-8-3-5-11-19(15)32-14-21(26)29/h3,5,8,11,13,17-18H,2,4,6-7,9-10,12,14H2,1H3,(H2,24,25,28,31)/t17-,18-/m1/s1. The Hall–Kier alpha value is -3.36. The Kier molecular flexibility index (Phi) is 6.43. The number of H-pyrrole nitrogens is 2. The second-order valence-electron chi connectivity index (χ2n) is 8.42. The Morgan fingerprint density at radius 1 is 1.03 bits per heavy atom. The molecular formula is C23H28N4O5. The summed E-state index contributed by atoms with van der Waals surface area (Å²) in [6, 6.07) is 8.51. The van der Waals surface area contributed by atoms with Gasteiger partial charge in [-0.3, -0.25) is 19.4 Å². The highest BCUT2D eigenvalue weighted by atomic mass is 16.5. The fourth-order valence-corrected chi connectivity index (χ4v) is 4.77. The number of carbonyl (C=O) groups is 2. The number of amides is 2. The maximum absolute atomic E-state index is 13.3. The molecule has 1 aromatic carbocycles. The van der Waals surface area contributed by atoms with E-state index in [4.69, 9.17) is 4.74 Å². The first-order chi connectivity index (χ1) is 15.4. The third-order valence-corrected chi connectivity index (χ3v) is 6.41. The highest BCUT2D eigenvalue weighted by Crippen LogP contribution is 2.29. The summed E-state index contributed by atoms with van der Waals surface area (Å²) in [5.41, 5.74) is -0.293. The molecule has 2 aromatic rings. The van der Waals surface area contributed by atoms with Crippen molar-refractivity contribution in [3.05, 3.63) is 62.4 Å². The molecule has 0 spiro atoms. The number of benzene rings is 1. The van der Waals surface area contributed by atoms with Crippen LogP contribution in [0.5, 0.6) is 5.75 Å². The highest BCUT2D eigenvalue weighted by Gasteiger charge is 2.38. The zero-order valence-electron chi connectivity index (χ0n) is 18.1. The first kappa shape index (κ1) is 21.9. The van der Waals surface area contributed by atoms with E-state index in [1.54, 1.807) is 16.8 Å². The Bertz CT molecular complexity index is 1080. The molecule has 4 rings (SSSR count). The number of nitrogens with one attached hydrogen (secondary N) is 2. The molecule has 3 heterocycles. The molecule has 9 heteroatoms. The monoisotopic (exact) mass is 440 g/mol. The van der Waals surface area contributed by atoms with Gasteiger partial charge in [0.2, 0.25) is 0 Å². The van der Waals surface area contributed by atoms with Gasteiger partial charge < -0.3 is 19.5 Å². The summed E-state index contributed by atoms with van der Waals surface area (Å²) in [5.74, 6) is 0.205. The summed E-state index contributed by atoms with van der Waals surface area (Å²) in [6.45, 7) is 0.447. The van der Waals surface area contributed by atoms with Gasteiger partial charge in [-0.15, -0.1) is 0 Å². The molecule has 2 aliphatic rings. The number of aryl methyl sites for hydroxylation is 1. The average Bonchev–Trinajstić information content (AvgIpc) is 2.78. The second-order valence-corrected chi connectivity index (χ2v) is 8.42. The Morgan fingerprint density at radius 2 is 1.81 bits per heavy atom. The van der Waals surface area contributed by atoms with Crippen molar-refractivity contribution in [1.82, 2.24) is 19.8 Å². The third kappa shape index (κ3) is 4.61. The van der Waals surface area contributed by atoms with E-state index in [0.717, 1.165) is 55.9 Å². The predicted octanol–water partition coefficient (Wildman–Crippen LogP) is 1.30. The summed E-state index contributed by atoms with van der Waals surface area (Å²) in [6.07, 6.45) is 4.84. The lowest BCUT2D eigenvalue weighted by Crippen LogP contribution is -2.58. The second kappa shape index (κ2) is 9.42. The number of piperidine rings is 1. The topological polar surface area (TPSA) is 116 Å². The molecule has 170 valence electrons. The van der Waals surface area contributed by atoms with E-state index in [0.29, 0.717) is 6.54 Å². The van der Waals surface area contributed by atoms with Gasteiger partial charge >= 0.3 is 5.69 Å². The van der Waals surface area contributed by atoms with Crippen LogP contribution in [0.3, 0.4) is 0 Å². The van der Waals surface area contributed by atoms with E-state index in [2.05, 4.69) is 9.97 Å². The average molecular weight is 441 g/mol. The molecule has 1 aromatic heterocycles. The Labute approximate surface area is 185 Å². The van der Waals surface area contributed by atoms with Crippen LogP contribution in [0.2, 0.25) is 0 Å². The molecule has 0 aliphatic carbocycles. The van der Waals surface area contributed by atoms with Crippen molar-refractivity contribution >= 4 is 11.8 Å². The van der Waals surface area contributed by atoms with Crippen LogP contribution >= 0.6 is 0 Å². The highest BCUT2D eigenvalue weighted by molar-refractivity contribution is 5.92. The van der Waals surface area contributed by atoms with Crippen LogP contribution in [-0.4, -0.2) is 63.9 Å². The molecule has 0 radical (unpaired) electrons. The summed E-state index contributed by atoms with van der Waals surface area (Å²) >= 11 is 0. The van der Waals surface area contributed by atoms with Crippen molar-refractivity contribution in [2.24, 2.45) is 0 Å². The number of carbonyl (C=O) groups excluding carboxylic acids is 2. The van der Waals surface area contributed by atoms with Crippen LogP contribution in [0.25, 0.3) is 0 Å². The van der Waals surface area contributed by atoms with Crippen molar-refractivity contribution in [3.8, 4) is 5.75 Å². The van der Waals surface area contributed by atoms with Gasteiger partial charge in [0, 0.05) is 19.7 Å². The summed E-state index contributed by atoms with van der Waals surface area (Å²) in [5, 5.41) is 0. The van der Waals surface area contributed by atoms with Gasteiger partial charge in [-0.2, -0.15) is 0 Å². The van der Waals surface area contributed by atoms with Crippen molar-refractivity contribution in [3.63, 3.8) is 0 Å². The zero-order valence-corrected chi connectivity index (χ0v) is 18.1. The molecule has 1 saturated heterocycles. The number of fused-ring (bicyclic) bond motifs is 2. The quantitative estimate of drug-likeness (QED) is 0.694. The van der Waals surface area contributed by atoms with E-state index >= 15 is 0 Å². The van der Waals surface area contributed by atoms with Crippen LogP contribution in [0.4, 0.5) is 0 Å². The van der Waals surface area contributed by atoms with Crippen LogP contribution in [0.1, 0.15) is 48.2 Å². The number of likely N-dealkylation sites (N-methyl/N-ethyl adjacent to an activating group) is 1. The van der Waals surface area contributed by atoms with E-state index in [-0.39, 0.29) is 30.3 Å². The number of para-hydroxylation sites is 1. The number of hydrogen-bond donors (Lipinski definition) is 2. The normalized spacial score (nSPS) is 22.1. The SMILES string of the molecule is CN1C(=O)COc2ccccc2CCCC[C@@H]2[C@H]1CCCN2C(=O)c1cc(=O)[nH]c(=O)[nH]1. The van der Waals surface area contributed by atoms with Gasteiger partial charge in [-0.1, -0.05) is 24.6 Å². The van der Waals surface area contributed by atoms with Gasteiger partial charge in [0.1, 0.15) is 11.4 Å². The van der Waals surface area contributed by atoms with Crippen molar-refractivity contribution in [1.29, 1.82) is 0 Å². The minimum Gasteiger partial charge on any atom is -0.483 e. The van der Waals surface area contributed by atoms with Crippen LogP contribution in [0.15, 0.2) is 39.9 Å². The minimum atomic E-state index is -0.712. The lowest BCUT2D eigenvalue weighted by atomic mass is 9.89. The molecule has 2 atom stereocenters. The number of likely N-dealkylation sites (tertiary alicyclic amines) is 1. The molecule has 0 unspecified atom stereocenters. The third-order valence-electron chi connectivity index (χ3n) is 6.41. The molecule has 2 aliphatic heterocycles. The fraction of sp³-hybridized carbons (Fsp3) is 0.478. The molecule has 2 amide bonds. The van der Waals surface area contributed by atoms with Gasteiger partial charge in [0.15, 0.2) is 6.61 Å². The number of aromatic nitrogens is 2. The lowest BCUT2D eigenvalue weighted by Gasteiger charge is -2.45. The molecule has 0 bridgehead atoms. The summed E-state index contributed by atoms with van der Waals surface area (Å²) < 4.78 is 5.84. The maximum atomic E-state index is 13.3. The fourth-order valence-electron chi connectivity index (χ4n) is 4.77. The number of hydrogen-bond acceptors (Lipinski definition) is 5. The van der Waals surface area contributed by atoms with E-state index in [1.165, 1.54) is 0 Å². The van der Waals surface area contributed by atoms with E-state index < -0.39 is 17.2 Å². The number of rotatable bonds is 1. The minimum absolute atomic E-state index is 0.0308. The Morgan fingerprint density at radius 3 is 2.62 bits per heavy atom. The van der Waals surface area contributed by atoms with Gasteiger partial charge in [0.25, 0.3) is 17.4 Å². The van der Waals surface area contributed by atoms with Crippen LogP contribution in [-0.2, 0) is 11.2 Å². The lowest BCUT2D eigenvalue weighted by molar-refractivity contribution is -0.136. The zero-order chi connectivity index (χ0) is 22.7. The van der Waals surface area contributed by atoms with Gasteiger partial charge in [0.05, 0.1) is 12.1 Å². The molecule has 1 fully saturated rings. The maximum Gasteiger partial charge on any atom is 0.326 e. The van der Waals surface area contributed by atoms with Crippen molar-refractivity contribution in [2.75, 3.05) is 20.2 Å². The number of ether oxygens (including phenoxy) is 1. The largest absolute Gasteiger partial charge is 0.483 e. The smallest absolute Gasteiger partial charge is 0.326 e. The van der Waals surface area contributed by atoms with Gasteiger partial charge in [-0.25, -0.2) is 4.79 Å². The first-order valence-corrected chi connectivity index (χ1v) is 11.0. The first-order valence-electron chi connectivity index (χ1n) is 11.0. The molecule has 9 nitrogen and oxygen atoms in total. The molecule has 32 heavy (non-hydrogen) atoms. The summed E-state index contributed by atoms with van der Waals surface area (Å²) in [7, 11) is 1.75. The molecule has 0 saturated carbocycles. The summed E-state index contributed by atoms with van der Waals surface area (Å²) in [4.78, 5) is 57.5. The van der Waals surface area contributed by atoms with E-state index in [9.17, 15) is 19.2 Å². The molecule has 2 N–H and O–H groups in total.